The first-order valence-corrected chi connectivity index (χ1v) is 9.98. The Hall–Kier alpha value is -2.91. The number of aromatic nitrogens is 1. The monoisotopic (exact) mass is 370 g/mol. The maximum absolute atomic E-state index is 4.92. The fourth-order valence-corrected chi connectivity index (χ4v) is 3.95. The van der Waals surface area contributed by atoms with E-state index in [1.165, 1.54) is 27.9 Å². The van der Waals surface area contributed by atoms with E-state index in [0.717, 1.165) is 17.0 Å². The molecule has 0 spiro atoms. The van der Waals surface area contributed by atoms with Gasteiger partial charge in [0.15, 0.2) is 4.80 Å². The first kappa shape index (κ1) is 17.5. The molecule has 27 heavy (non-hydrogen) atoms. The van der Waals surface area contributed by atoms with Gasteiger partial charge in [0, 0.05) is 5.38 Å². The van der Waals surface area contributed by atoms with Gasteiger partial charge < -0.3 is 4.57 Å². The summed E-state index contributed by atoms with van der Waals surface area (Å²) in [6.07, 6.45) is 0. The first-order valence-electron chi connectivity index (χ1n) is 9.10. The SMILES string of the molecule is Cc1ccc(Cn2c(-c3ccccc3)csc2=Nc2ccc(C)cc2)cc1. The van der Waals surface area contributed by atoms with Crippen molar-refractivity contribution in [2.75, 3.05) is 0 Å². The maximum atomic E-state index is 4.92. The van der Waals surface area contributed by atoms with Crippen LogP contribution in [-0.2, 0) is 6.54 Å². The molecule has 134 valence electrons. The van der Waals surface area contributed by atoms with Crippen LogP contribution >= 0.6 is 11.3 Å². The van der Waals surface area contributed by atoms with Crippen LogP contribution in [0.5, 0.6) is 0 Å². The second-order valence-electron chi connectivity index (χ2n) is 6.79. The summed E-state index contributed by atoms with van der Waals surface area (Å²) < 4.78 is 2.31. The van der Waals surface area contributed by atoms with Gasteiger partial charge in [0.25, 0.3) is 0 Å². The molecule has 0 bridgehead atoms. The van der Waals surface area contributed by atoms with E-state index in [4.69, 9.17) is 4.99 Å². The van der Waals surface area contributed by atoms with Crippen LogP contribution in [0.4, 0.5) is 5.69 Å². The molecule has 0 aliphatic heterocycles. The quantitative estimate of drug-likeness (QED) is 0.412. The van der Waals surface area contributed by atoms with Crippen molar-refractivity contribution in [1.82, 2.24) is 4.57 Å². The van der Waals surface area contributed by atoms with E-state index in [0.29, 0.717) is 0 Å². The molecule has 1 aromatic heterocycles. The molecule has 0 atom stereocenters. The third-order valence-corrected chi connectivity index (χ3v) is 5.45. The standard InChI is InChI=1S/C24H22N2S/c1-18-8-12-20(13-9-18)16-26-23(21-6-4-3-5-7-21)17-27-24(26)25-22-14-10-19(2)11-15-22/h3-15,17H,16H2,1-2H3. The lowest BCUT2D eigenvalue weighted by atomic mass is 10.1. The fourth-order valence-electron chi connectivity index (χ4n) is 3.02. The Morgan fingerprint density at radius 2 is 1.41 bits per heavy atom. The Bertz CT molecular complexity index is 1090. The van der Waals surface area contributed by atoms with Crippen molar-refractivity contribution in [3.05, 3.63) is 106 Å². The molecule has 3 aromatic carbocycles. The van der Waals surface area contributed by atoms with E-state index in [-0.39, 0.29) is 0 Å². The molecule has 0 saturated heterocycles. The highest BCUT2D eigenvalue weighted by Crippen LogP contribution is 2.22. The smallest absolute Gasteiger partial charge is 0.190 e. The minimum atomic E-state index is 0.804. The van der Waals surface area contributed by atoms with Crippen LogP contribution < -0.4 is 4.80 Å². The number of hydrogen-bond donors (Lipinski definition) is 0. The van der Waals surface area contributed by atoms with Crippen LogP contribution in [0.2, 0.25) is 0 Å². The van der Waals surface area contributed by atoms with Crippen LogP contribution in [0.15, 0.2) is 89.2 Å². The van der Waals surface area contributed by atoms with Gasteiger partial charge in [-0.1, -0.05) is 77.9 Å². The van der Waals surface area contributed by atoms with Gasteiger partial charge in [0.2, 0.25) is 0 Å². The molecule has 0 N–H and O–H groups in total. The average molecular weight is 371 g/mol. The van der Waals surface area contributed by atoms with Crippen molar-refractivity contribution in [3.8, 4) is 11.3 Å². The van der Waals surface area contributed by atoms with Gasteiger partial charge in [-0.05, 0) is 37.1 Å². The summed E-state index contributed by atoms with van der Waals surface area (Å²) in [7, 11) is 0. The normalized spacial score (nSPS) is 11.7. The number of nitrogens with zero attached hydrogens (tertiary/aromatic N) is 2. The molecular formula is C24H22N2S. The summed E-state index contributed by atoms with van der Waals surface area (Å²) in [5.74, 6) is 0. The molecule has 4 aromatic rings. The summed E-state index contributed by atoms with van der Waals surface area (Å²) in [5, 5.41) is 2.20. The second-order valence-corrected chi connectivity index (χ2v) is 7.63. The lowest BCUT2D eigenvalue weighted by Gasteiger charge is -2.10. The van der Waals surface area contributed by atoms with Gasteiger partial charge in [-0.2, -0.15) is 0 Å². The summed E-state index contributed by atoms with van der Waals surface area (Å²) in [4.78, 5) is 5.94. The van der Waals surface area contributed by atoms with Gasteiger partial charge in [0.05, 0.1) is 17.9 Å². The zero-order valence-corrected chi connectivity index (χ0v) is 16.4. The van der Waals surface area contributed by atoms with E-state index in [9.17, 15) is 0 Å². The van der Waals surface area contributed by atoms with E-state index < -0.39 is 0 Å². The number of benzene rings is 3. The van der Waals surface area contributed by atoms with Crippen LogP contribution in [-0.4, -0.2) is 4.57 Å². The molecule has 2 nitrogen and oxygen atoms in total. The van der Waals surface area contributed by atoms with Gasteiger partial charge in [0.1, 0.15) is 0 Å². The van der Waals surface area contributed by atoms with Gasteiger partial charge in [-0.15, -0.1) is 11.3 Å². The van der Waals surface area contributed by atoms with Gasteiger partial charge in [-0.25, -0.2) is 4.99 Å². The third-order valence-electron chi connectivity index (χ3n) is 4.59. The average Bonchev–Trinajstić information content (AvgIpc) is 3.08. The van der Waals surface area contributed by atoms with Gasteiger partial charge in [-0.3, -0.25) is 0 Å². The van der Waals surface area contributed by atoms with Crippen LogP contribution in [0.1, 0.15) is 16.7 Å². The van der Waals surface area contributed by atoms with Crippen LogP contribution in [0.25, 0.3) is 11.3 Å². The highest BCUT2D eigenvalue weighted by atomic mass is 32.1. The molecular weight excluding hydrogens is 348 g/mol. The zero-order valence-electron chi connectivity index (χ0n) is 15.6. The van der Waals surface area contributed by atoms with Crippen molar-refractivity contribution in [3.63, 3.8) is 0 Å². The molecule has 0 unspecified atom stereocenters. The molecule has 0 fully saturated rings. The van der Waals surface area contributed by atoms with Crippen molar-refractivity contribution < 1.29 is 0 Å². The van der Waals surface area contributed by atoms with Crippen molar-refractivity contribution in [2.45, 2.75) is 20.4 Å². The summed E-state index contributed by atoms with van der Waals surface area (Å²) in [5.41, 5.74) is 7.21. The molecule has 0 amide bonds. The second kappa shape index (κ2) is 7.77. The molecule has 0 aliphatic carbocycles. The number of hydrogen-bond acceptors (Lipinski definition) is 2. The number of rotatable bonds is 4. The largest absolute Gasteiger partial charge is 0.312 e. The first-order chi connectivity index (χ1) is 13.2. The number of aryl methyl sites for hydroxylation is 2. The van der Waals surface area contributed by atoms with Crippen molar-refractivity contribution in [1.29, 1.82) is 0 Å². The minimum Gasteiger partial charge on any atom is -0.312 e. The van der Waals surface area contributed by atoms with Gasteiger partial charge >= 0.3 is 0 Å². The van der Waals surface area contributed by atoms with Crippen molar-refractivity contribution in [2.24, 2.45) is 4.99 Å². The maximum Gasteiger partial charge on any atom is 0.190 e. The van der Waals surface area contributed by atoms with E-state index in [1.807, 2.05) is 0 Å². The third kappa shape index (κ3) is 4.09. The summed E-state index contributed by atoms with van der Waals surface area (Å²) >= 11 is 1.69. The summed E-state index contributed by atoms with van der Waals surface area (Å²) in [6, 6.07) is 27.6. The molecule has 3 heteroatoms. The van der Waals surface area contributed by atoms with E-state index >= 15 is 0 Å². The van der Waals surface area contributed by atoms with Crippen LogP contribution in [0, 0.1) is 13.8 Å². The van der Waals surface area contributed by atoms with Crippen LogP contribution in [0.3, 0.4) is 0 Å². The molecule has 0 saturated carbocycles. The van der Waals surface area contributed by atoms with E-state index in [1.54, 1.807) is 11.3 Å². The Morgan fingerprint density at radius 3 is 2.07 bits per heavy atom. The predicted molar refractivity (Wildman–Crippen MR) is 114 cm³/mol. The molecule has 0 aliphatic rings. The molecule has 1 heterocycles. The Kier molecular flexibility index (Phi) is 5.03. The number of thiazole rings is 1. The lowest BCUT2D eigenvalue weighted by molar-refractivity contribution is 0.778. The minimum absolute atomic E-state index is 0.804. The Balaban J connectivity index is 1.82. The molecule has 0 radical (unpaired) electrons. The summed E-state index contributed by atoms with van der Waals surface area (Å²) in [6.45, 7) is 5.02. The van der Waals surface area contributed by atoms with Crippen molar-refractivity contribution >= 4 is 17.0 Å². The molecule has 4 rings (SSSR count). The highest BCUT2D eigenvalue weighted by molar-refractivity contribution is 7.07. The fraction of sp³-hybridized carbons (Fsp3) is 0.125. The van der Waals surface area contributed by atoms with E-state index in [2.05, 4.69) is 103 Å². The zero-order chi connectivity index (χ0) is 18.6. The Labute approximate surface area is 164 Å². The Morgan fingerprint density at radius 1 is 0.778 bits per heavy atom. The highest BCUT2D eigenvalue weighted by Gasteiger charge is 2.09. The lowest BCUT2D eigenvalue weighted by Crippen LogP contribution is -2.16. The topological polar surface area (TPSA) is 17.3 Å². The predicted octanol–water partition coefficient (Wildman–Crippen LogP) is 6.11.